The first-order valence-electron chi connectivity index (χ1n) is 8.73. The monoisotopic (exact) mass is 333 g/mol. The van der Waals surface area contributed by atoms with E-state index in [1.807, 2.05) is 49.9 Å². The number of carbonyl (C=O) groups is 1. The van der Waals surface area contributed by atoms with Crippen LogP contribution in [0.5, 0.6) is 5.75 Å². The highest BCUT2D eigenvalue weighted by Gasteiger charge is 2.45. The Kier molecular flexibility index (Phi) is 4.72. The first kappa shape index (κ1) is 17.1. The number of hydrogen-bond donors (Lipinski definition) is 1. The minimum atomic E-state index is -0.464. The summed E-state index contributed by atoms with van der Waals surface area (Å²) in [4.78, 5) is 14.4. The molecule has 132 valence electrons. The molecule has 0 radical (unpaired) electrons. The summed E-state index contributed by atoms with van der Waals surface area (Å²) < 4.78 is 11.7. The van der Waals surface area contributed by atoms with Gasteiger partial charge in [0.2, 0.25) is 0 Å². The predicted octanol–water partition coefficient (Wildman–Crippen LogP) is 3.49. The summed E-state index contributed by atoms with van der Waals surface area (Å²) >= 11 is 0. The highest BCUT2D eigenvalue weighted by Crippen LogP contribution is 2.38. The standard InChI is InChI=1S/C19H27NO4/c1-19(2,3)24-18(22)20-14-7-8-15(20)11-17(10-14)23-16-6-4-5-13(9-16)12-21/h4-6,9,14-15,17,21H,7-8,10-12H2,1-3H3/t14-,15+,17+. The predicted molar refractivity (Wildman–Crippen MR) is 90.9 cm³/mol. The molecule has 2 bridgehead atoms. The number of nitrogens with zero attached hydrogens (tertiary/aromatic N) is 1. The zero-order valence-electron chi connectivity index (χ0n) is 14.7. The average Bonchev–Trinajstić information content (AvgIpc) is 2.77. The second kappa shape index (κ2) is 6.63. The topological polar surface area (TPSA) is 59.0 Å². The van der Waals surface area contributed by atoms with Crippen molar-refractivity contribution in [2.24, 2.45) is 0 Å². The lowest BCUT2D eigenvalue weighted by molar-refractivity contribution is -0.00709. The molecule has 2 fully saturated rings. The number of fused-ring (bicyclic) bond motifs is 2. The third-order valence-corrected chi connectivity index (χ3v) is 4.68. The number of aliphatic hydroxyl groups is 1. The number of rotatable bonds is 3. The molecule has 3 rings (SSSR count). The summed E-state index contributed by atoms with van der Waals surface area (Å²) in [5.41, 5.74) is 0.385. The van der Waals surface area contributed by atoms with E-state index in [-0.39, 0.29) is 30.9 Å². The van der Waals surface area contributed by atoms with E-state index < -0.39 is 5.60 Å². The number of aliphatic hydroxyl groups excluding tert-OH is 1. The van der Waals surface area contributed by atoms with Crippen molar-refractivity contribution in [3.8, 4) is 5.75 Å². The van der Waals surface area contributed by atoms with Gasteiger partial charge in [-0.2, -0.15) is 0 Å². The molecule has 1 aromatic rings. The second-order valence-electron chi connectivity index (χ2n) is 7.79. The van der Waals surface area contributed by atoms with E-state index in [0.717, 1.165) is 37.0 Å². The number of hydrogen-bond acceptors (Lipinski definition) is 4. The maximum Gasteiger partial charge on any atom is 0.410 e. The van der Waals surface area contributed by atoms with Crippen LogP contribution in [-0.4, -0.2) is 39.9 Å². The van der Waals surface area contributed by atoms with Gasteiger partial charge in [-0.25, -0.2) is 4.79 Å². The zero-order chi connectivity index (χ0) is 17.3. The molecule has 0 unspecified atom stereocenters. The SMILES string of the molecule is CC(C)(C)OC(=O)N1[C@@H]2CC[C@H]1C[C@@H](Oc1cccc(CO)c1)C2. The third kappa shape index (κ3) is 3.83. The Morgan fingerprint density at radius 3 is 2.50 bits per heavy atom. The highest BCUT2D eigenvalue weighted by atomic mass is 16.6. The molecule has 0 aliphatic carbocycles. The van der Waals surface area contributed by atoms with Crippen molar-refractivity contribution in [2.45, 2.75) is 76.9 Å². The molecule has 24 heavy (non-hydrogen) atoms. The molecule has 0 aromatic heterocycles. The lowest BCUT2D eigenvalue weighted by atomic mass is 10.00. The van der Waals surface area contributed by atoms with E-state index in [1.165, 1.54) is 0 Å². The van der Waals surface area contributed by atoms with Crippen LogP contribution in [0, 0.1) is 0 Å². The molecule has 0 spiro atoms. The van der Waals surface area contributed by atoms with E-state index in [1.54, 1.807) is 0 Å². The van der Waals surface area contributed by atoms with Crippen molar-refractivity contribution in [1.29, 1.82) is 0 Å². The molecule has 1 amide bonds. The zero-order valence-corrected chi connectivity index (χ0v) is 14.7. The smallest absolute Gasteiger partial charge is 0.410 e. The minimum absolute atomic E-state index is 0.0134. The van der Waals surface area contributed by atoms with Crippen LogP contribution in [-0.2, 0) is 11.3 Å². The molecule has 1 aromatic carbocycles. The van der Waals surface area contributed by atoms with Crippen molar-refractivity contribution < 1.29 is 19.4 Å². The van der Waals surface area contributed by atoms with Gasteiger partial charge in [0, 0.05) is 24.9 Å². The van der Waals surface area contributed by atoms with Gasteiger partial charge in [0.25, 0.3) is 0 Å². The lowest BCUT2D eigenvalue weighted by Gasteiger charge is -2.39. The molecule has 5 heteroatoms. The van der Waals surface area contributed by atoms with Crippen molar-refractivity contribution in [1.82, 2.24) is 4.90 Å². The molecule has 2 aliphatic heterocycles. The molecule has 3 atom stereocenters. The fraction of sp³-hybridized carbons (Fsp3) is 0.632. The van der Waals surface area contributed by atoms with Crippen LogP contribution in [0.2, 0.25) is 0 Å². The summed E-state index contributed by atoms with van der Waals surface area (Å²) in [6.07, 6.45) is 3.60. The minimum Gasteiger partial charge on any atom is -0.490 e. The summed E-state index contributed by atoms with van der Waals surface area (Å²) in [7, 11) is 0. The maximum absolute atomic E-state index is 12.5. The van der Waals surface area contributed by atoms with Gasteiger partial charge in [0.05, 0.1) is 6.61 Å². The normalized spacial score (nSPS) is 26.3. The summed E-state index contributed by atoms with van der Waals surface area (Å²) in [6.45, 7) is 5.71. The van der Waals surface area contributed by atoms with E-state index in [4.69, 9.17) is 9.47 Å². The van der Waals surface area contributed by atoms with Gasteiger partial charge in [0.15, 0.2) is 0 Å². The van der Waals surface area contributed by atoms with Gasteiger partial charge in [-0.15, -0.1) is 0 Å². The molecule has 1 N–H and O–H groups in total. The van der Waals surface area contributed by atoms with Crippen LogP contribution in [0.3, 0.4) is 0 Å². The van der Waals surface area contributed by atoms with Crippen molar-refractivity contribution in [2.75, 3.05) is 0 Å². The van der Waals surface area contributed by atoms with E-state index in [0.29, 0.717) is 0 Å². The van der Waals surface area contributed by atoms with Crippen LogP contribution in [0.4, 0.5) is 4.79 Å². The molecular formula is C19H27NO4. The fourth-order valence-electron chi connectivity index (χ4n) is 3.75. The Bertz CT molecular complexity index is 581. The quantitative estimate of drug-likeness (QED) is 0.920. The summed E-state index contributed by atoms with van der Waals surface area (Å²) in [5, 5.41) is 9.24. The first-order chi connectivity index (χ1) is 11.4. The Balaban J connectivity index is 1.63. The number of piperidine rings is 1. The van der Waals surface area contributed by atoms with Crippen molar-refractivity contribution in [3.05, 3.63) is 29.8 Å². The Hall–Kier alpha value is -1.75. The summed E-state index contributed by atoms with van der Waals surface area (Å²) in [5.74, 6) is 0.789. The van der Waals surface area contributed by atoms with Crippen LogP contribution in [0.25, 0.3) is 0 Å². The highest BCUT2D eigenvalue weighted by molar-refractivity contribution is 5.69. The van der Waals surface area contributed by atoms with Gasteiger partial charge in [-0.05, 0) is 51.3 Å². The van der Waals surface area contributed by atoms with Crippen LogP contribution in [0.15, 0.2) is 24.3 Å². The van der Waals surface area contributed by atoms with E-state index >= 15 is 0 Å². The van der Waals surface area contributed by atoms with E-state index in [9.17, 15) is 9.90 Å². The van der Waals surface area contributed by atoms with Gasteiger partial charge in [-0.1, -0.05) is 12.1 Å². The lowest BCUT2D eigenvalue weighted by Crippen LogP contribution is -2.50. The number of ether oxygens (including phenoxy) is 2. The van der Waals surface area contributed by atoms with Crippen LogP contribution in [0.1, 0.15) is 52.0 Å². The van der Waals surface area contributed by atoms with Gasteiger partial charge in [-0.3, -0.25) is 0 Å². The molecule has 2 saturated heterocycles. The van der Waals surface area contributed by atoms with Gasteiger partial charge < -0.3 is 19.5 Å². The largest absolute Gasteiger partial charge is 0.490 e. The second-order valence-corrected chi connectivity index (χ2v) is 7.79. The maximum atomic E-state index is 12.5. The fourth-order valence-corrected chi connectivity index (χ4v) is 3.75. The molecule has 2 heterocycles. The van der Waals surface area contributed by atoms with Crippen LogP contribution < -0.4 is 4.74 Å². The van der Waals surface area contributed by atoms with Crippen molar-refractivity contribution in [3.63, 3.8) is 0 Å². The van der Waals surface area contributed by atoms with Crippen LogP contribution >= 0.6 is 0 Å². The van der Waals surface area contributed by atoms with Crippen molar-refractivity contribution >= 4 is 6.09 Å². The molecule has 2 aliphatic rings. The molecule has 0 saturated carbocycles. The van der Waals surface area contributed by atoms with E-state index in [2.05, 4.69) is 0 Å². The van der Waals surface area contributed by atoms with Gasteiger partial charge in [0.1, 0.15) is 17.5 Å². The number of benzene rings is 1. The Morgan fingerprint density at radius 1 is 1.25 bits per heavy atom. The first-order valence-corrected chi connectivity index (χ1v) is 8.73. The molecule has 5 nitrogen and oxygen atoms in total. The Morgan fingerprint density at radius 2 is 1.92 bits per heavy atom. The number of carbonyl (C=O) groups excluding carboxylic acids is 1. The Labute approximate surface area is 143 Å². The number of amides is 1. The third-order valence-electron chi connectivity index (χ3n) is 4.68. The average molecular weight is 333 g/mol. The van der Waals surface area contributed by atoms with Gasteiger partial charge >= 0.3 is 6.09 Å². The molecular weight excluding hydrogens is 306 g/mol. The summed E-state index contributed by atoms with van der Waals surface area (Å²) in [6, 6.07) is 7.96.